The van der Waals surface area contributed by atoms with Crippen molar-refractivity contribution in [1.82, 2.24) is 0 Å². The molecule has 0 heterocycles. The monoisotopic (exact) mass is 268 g/mol. The third-order valence-corrected chi connectivity index (χ3v) is 3.25. The zero-order valence-electron chi connectivity index (χ0n) is 10.1. The molecule has 0 unspecified atom stereocenters. The van der Waals surface area contributed by atoms with Gasteiger partial charge in [0.1, 0.15) is 0 Å². The number of hydrogen-bond donors (Lipinski definition) is 0. The van der Waals surface area contributed by atoms with Crippen molar-refractivity contribution in [3.05, 3.63) is 68.8 Å². The lowest BCUT2D eigenvalue weighted by Gasteiger charge is -2.05. The van der Waals surface area contributed by atoms with Gasteiger partial charge in [0.05, 0.1) is 20.6 Å². The Morgan fingerprint density at radius 2 is 1.35 bits per heavy atom. The zero-order valence-corrected chi connectivity index (χ0v) is 10.1. The molecule has 3 aromatic carbocycles. The number of nitro benzene ring substituents is 2. The molecule has 6 heteroatoms. The molecule has 20 heavy (non-hydrogen) atoms. The van der Waals surface area contributed by atoms with Crippen LogP contribution in [0.2, 0.25) is 0 Å². The van der Waals surface area contributed by atoms with Gasteiger partial charge >= 0.3 is 0 Å². The van der Waals surface area contributed by atoms with Crippen molar-refractivity contribution in [1.29, 1.82) is 0 Å². The topological polar surface area (TPSA) is 86.3 Å². The first-order valence-corrected chi connectivity index (χ1v) is 5.83. The maximum atomic E-state index is 11.1. The maximum Gasteiger partial charge on any atom is 0.277 e. The number of benzene rings is 3. The molecule has 0 N–H and O–H groups in total. The van der Waals surface area contributed by atoms with Crippen molar-refractivity contribution in [2.75, 3.05) is 0 Å². The van der Waals surface area contributed by atoms with Crippen LogP contribution < -0.4 is 0 Å². The van der Waals surface area contributed by atoms with E-state index in [0.29, 0.717) is 21.5 Å². The van der Waals surface area contributed by atoms with E-state index in [4.69, 9.17) is 0 Å². The summed E-state index contributed by atoms with van der Waals surface area (Å²) in [4.78, 5) is 21.2. The molecule has 0 saturated carbocycles. The van der Waals surface area contributed by atoms with Crippen LogP contribution >= 0.6 is 0 Å². The Hall–Kier alpha value is -3.02. The van der Waals surface area contributed by atoms with Crippen LogP contribution in [-0.2, 0) is 0 Å². The van der Waals surface area contributed by atoms with Crippen molar-refractivity contribution in [3.63, 3.8) is 0 Å². The van der Waals surface area contributed by atoms with Gasteiger partial charge in [0.15, 0.2) is 0 Å². The second kappa shape index (κ2) is 4.27. The van der Waals surface area contributed by atoms with Crippen LogP contribution in [0.1, 0.15) is 0 Å². The smallest absolute Gasteiger partial charge is 0.258 e. The van der Waals surface area contributed by atoms with Gasteiger partial charge in [-0.1, -0.05) is 30.3 Å². The number of non-ortho nitro benzene ring substituents is 2. The normalized spacial score (nSPS) is 10.8. The lowest BCUT2D eigenvalue weighted by atomic mass is 9.99. The van der Waals surface area contributed by atoms with Gasteiger partial charge in [-0.2, -0.15) is 0 Å². The Morgan fingerprint density at radius 3 is 2.05 bits per heavy atom. The van der Waals surface area contributed by atoms with E-state index in [-0.39, 0.29) is 11.4 Å². The van der Waals surface area contributed by atoms with Crippen LogP contribution in [0.15, 0.2) is 48.5 Å². The van der Waals surface area contributed by atoms with E-state index in [0.717, 1.165) is 0 Å². The fourth-order valence-corrected chi connectivity index (χ4v) is 2.42. The summed E-state index contributed by atoms with van der Waals surface area (Å²) in [5.74, 6) is 0. The van der Waals surface area contributed by atoms with Gasteiger partial charge < -0.3 is 0 Å². The molecule has 0 fully saturated rings. The average molecular weight is 268 g/mol. The van der Waals surface area contributed by atoms with Crippen molar-refractivity contribution in [2.45, 2.75) is 0 Å². The Kier molecular flexibility index (Phi) is 2.57. The van der Waals surface area contributed by atoms with Crippen LogP contribution in [0.3, 0.4) is 0 Å². The van der Waals surface area contributed by atoms with Crippen molar-refractivity contribution >= 4 is 32.9 Å². The van der Waals surface area contributed by atoms with Gasteiger partial charge in [0.25, 0.3) is 11.4 Å². The predicted molar refractivity (Wildman–Crippen MR) is 74.8 cm³/mol. The van der Waals surface area contributed by atoms with E-state index in [1.54, 1.807) is 30.3 Å². The molecule has 3 aromatic rings. The molecule has 98 valence electrons. The highest BCUT2D eigenvalue weighted by molar-refractivity contribution is 6.14. The van der Waals surface area contributed by atoms with Crippen LogP contribution in [0.4, 0.5) is 11.4 Å². The second-order valence-corrected chi connectivity index (χ2v) is 4.33. The quantitative estimate of drug-likeness (QED) is 0.401. The molecule has 0 aromatic heterocycles. The van der Waals surface area contributed by atoms with E-state index in [2.05, 4.69) is 0 Å². The van der Waals surface area contributed by atoms with Crippen LogP contribution in [0.5, 0.6) is 0 Å². The van der Waals surface area contributed by atoms with Gasteiger partial charge in [-0.25, -0.2) is 0 Å². The van der Waals surface area contributed by atoms with E-state index in [1.807, 2.05) is 0 Å². The van der Waals surface area contributed by atoms with Gasteiger partial charge in [-0.15, -0.1) is 0 Å². The van der Waals surface area contributed by atoms with Gasteiger partial charge in [-0.3, -0.25) is 20.2 Å². The van der Waals surface area contributed by atoms with Crippen LogP contribution in [-0.4, -0.2) is 9.85 Å². The molecular weight excluding hydrogens is 260 g/mol. The fraction of sp³-hybridized carbons (Fsp3) is 0. The van der Waals surface area contributed by atoms with Gasteiger partial charge in [-0.05, 0) is 11.5 Å². The molecule has 0 spiro atoms. The highest BCUT2D eigenvalue weighted by Crippen LogP contribution is 2.35. The Bertz CT molecular complexity index is 874. The molecule has 0 saturated heterocycles. The largest absolute Gasteiger partial charge is 0.277 e. The van der Waals surface area contributed by atoms with E-state index in [9.17, 15) is 20.2 Å². The summed E-state index contributed by atoms with van der Waals surface area (Å²) in [6.07, 6.45) is 0. The molecule has 0 bridgehead atoms. The standard InChI is InChI=1S/C14H8N2O4/c17-15(18)12-5-2-4-11-10(12)8-7-9-3-1-6-13(14(9)11)16(19)20/h1-8H. The molecule has 0 aliphatic rings. The second-order valence-electron chi connectivity index (χ2n) is 4.33. The minimum Gasteiger partial charge on any atom is -0.258 e. The number of hydrogen-bond acceptors (Lipinski definition) is 4. The number of fused-ring (bicyclic) bond motifs is 3. The summed E-state index contributed by atoms with van der Waals surface area (Å²) < 4.78 is 0. The average Bonchev–Trinajstić information content (AvgIpc) is 2.45. The zero-order chi connectivity index (χ0) is 14.3. The van der Waals surface area contributed by atoms with Gasteiger partial charge in [0, 0.05) is 17.5 Å². The van der Waals surface area contributed by atoms with Crippen LogP contribution in [0, 0.1) is 20.2 Å². The van der Waals surface area contributed by atoms with Crippen LogP contribution in [0.25, 0.3) is 21.5 Å². The molecule has 0 aliphatic carbocycles. The van der Waals surface area contributed by atoms with Crippen molar-refractivity contribution in [2.24, 2.45) is 0 Å². The molecule has 0 aliphatic heterocycles. The molecular formula is C14H8N2O4. The molecule has 0 radical (unpaired) electrons. The molecule has 3 rings (SSSR count). The maximum absolute atomic E-state index is 11.1. The summed E-state index contributed by atoms with van der Waals surface area (Å²) in [5.41, 5.74) is -0.101. The summed E-state index contributed by atoms with van der Waals surface area (Å²) in [6, 6.07) is 12.6. The van der Waals surface area contributed by atoms with Crippen molar-refractivity contribution in [3.8, 4) is 0 Å². The molecule has 0 atom stereocenters. The molecule has 0 amide bonds. The third-order valence-electron chi connectivity index (χ3n) is 3.25. The summed E-state index contributed by atoms with van der Waals surface area (Å²) in [5, 5.41) is 24.2. The highest BCUT2D eigenvalue weighted by atomic mass is 16.6. The first-order chi connectivity index (χ1) is 9.59. The first-order valence-electron chi connectivity index (χ1n) is 5.83. The minimum absolute atomic E-state index is 0.0476. The van der Waals surface area contributed by atoms with Crippen molar-refractivity contribution < 1.29 is 9.85 Å². The first kappa shape index (κ1) is 12.0. The fourth-order valence-electron chi connectivity index (χ4n) is 2.42. The number of nitrogens with zero attached hydrogens (tertiary/aromatic N) is 2. The minimum atomic E-state index is -0.483. The molecule has 6 nitrogen and oxygen atoms in total. The Morgan fingerprint density at radius 1 is 0.700 bits per heavy atom. The van der Waals surface area contributed by atoms with E-state index < -0.39 is 9.85 Å². The Labute approximate surface area is 112 Å². The summed E-state index contributed by atoms with van der Waals surface area (Å²) in [7, 11) is 0. The number of nitro groups is 2. The Balaban J connectivity index is 2.56. The third kappa shape index (κ3) is 1.66. The predicted octanol–water partition coefficient (Wildman–Crippen LogP) is 3.81. The summed E-state index contributed by atoms with van der Waals surface area (Å²) in [6.45, 7) is 0. The summed E-state index contributed by atoms with van der Waals surface area (Å²) >= 11 is 0. The SMILES string of the molecule is O=[N+]([O-])c1cccc2c1ccc1cccc([N+](=O)[O-])c12. The lowest BCUT2D eigenvalue weighted by molar-refractivity contribution is -0.383. The van der Waals surface area contributed by atoms with E-state index >= 15 is 0 Å². The highest BCUT2D eigenvalue weighted by Gasteiger charge is 2.18. The number of rotatable bonds is 2. The van der Waals surface area contributed by atoms with E-state index in [1.165, 1.54) is 18.2 Å². The van der Waals surface area contributed by atoms with Gasteiger partial charge in [0.2, 0.25) is 0 Å². The lowest BCUT2D eigenvalue weighted by Crippen LogP contribution is -1.92.